The molecular weight excluding hydrogens is 454 g/mol. The Morgan fingerprint density at radius 3 is 2.81 bits per heavy atom. The molecule has 0 saturated carbocycles. The molecule has 186 valence electrons. The Balaban J connectivity index is 1.53. The van der Waals surface area contributed by atoms with Crippen LogP contribution >= 0.6 is 0 Å². The average molecular weight is 486 g/mol. The van der Waals surface area contributed by atoms with Crippen LogP contribution in [0.15, 0.2) is 42.1 Å². The maximum absolute atomic E-state index is 10.7. The molecule has 0 bridgehead atoms. The number of nitrogens with zero attached hydrogens (tertiary/aromatic N) is 7. The van der Waals surface area contributed by atoms with Crippen LogP contribution in [0.2, 0.25) is 0 Å². The summed E-state index contributed by atoms with van der Waals surface area (Å²) >= 11 is 0. The number of aryl methyl sites for hydroxylation is 1. The minimum Gasteiger partial charge on any atom is -0.511 e. The van der Waals surface area contributed by atoms with Crippen molar-refractivity contribution < 1.29 is 9.84 Å². The molecule has 9 heteroatoms. The number of aromatic nitrogens is 5. The van der Waals surface area contributed by atoms with E-state index in [2.05, 4.69) is 38.6 Å². The van der Waals surface area contributed by atoms with Crippen molar-refractivity contribution in [1.82, 2.24) is 24.3 Å². The number of imidazole rings is 1. The predicted molar refractivity (Wildman–Crippen MR) is 135 cm³/mol. The third-order valence-electron chi connectivity index (χ3n) is 8.34. The van der Waals surface area contributed by atoms with Gasteiger partial charge >= 0.3 is 0 Å². The number of pyridine rings is 1. The number of hydrogen-bond donors (Lipinski definition) is 1. The summed E-state index contributed by atoms with van der Waals surface area (Å²) in [7, 11) is 1.92. The van der Waals surface area contributed by atoms with Crippen LogP contribution in [0.25, 0.3) is 17.1 Å². The molecule has 0 radical (unpaired) electrons. The van der Waals surface area contributed by atoms with Crippen molar-refractivity contribution in [1.29, 1.82) is 5.26 Å². The molecule has 36 heavy (non-hydrogen) atoms. The third kappa shape index (κ3) is 3.43. The summed E-state index contributed by atoms with van der Waals surface area (Å²) in [6.07, 6.45) is 8.01. The summed E-state index contributed by atoms with van der Waals surface area (Å²) in [5.41, 5.74) is 4.28. The number of aliphatic hydroxyl groups excluding tert-OH is 1. The van der Waals surface area contributed by atoms with Gasteiger partial charge in [0, 0.05) is 55.1 Å². The lowest BCUT2D eigenvalue weighted by Crippen LogP contribution is -2.44. The first-order valence-corrected chi connectivity index (χ1v) is 12.6. The number of hydrogen-bond acceptors (Lipinski definition) is 7. The largest absolute Gasteiger partial charge is 0.511 e. The SMILES string of the molecule is C[C@H]1C(O)=C(C#N)C[C@@]2(C)c3nc(-c4ccnc(N5CCOCC5)c4)n(-c4cnn(C)c4)c3CC[C@H]12. The maximum atomic E-state index is 10.7. The number of fused-ring (bicyclic) bond motifs is 3. The standard InChI is InChI=1S/C27H31N7O2/c1-17-21-4-5-22-25(27(21,2)13-19(14-28)24(17)35)31-26(34(22)20-15-30-32(3)16-20)18-6-7-29-23(12-18)33-8-10-36-11-9-33/h6-7,12,15-17,21,35H,4-5,8-11,13H2,1-3H3/t17-,21-,27-/m1/s1. The molecule has 1 saturated heterocycles. The highest BCUT2D eigenvalue weighted by molar-refractivity contribution is 5.65. The highest BCUT2D eigenvalue weighted by Gasteiger charge is 2.51. The molecule has 6 rings (SSSR count). The molecule has 0 unspecified atom stereocenters. The lowest BCUT2D eigenvalue weighted by Gasteiger charge is -2.46. The van der Waals surface area contributed by atoms with Crippen molar-refractivity contribution in [3.05, 3.63) is 53.4 Å². The van der Waals surface area contributed by atoms with Gasteiger partial charge in [-0.2, -0.15) is 10.4 Å². The van der Waals surface area contributed by atoms with Gasteiger partial charge < -0.3 is 14.7 Å². The zero-order chi connectivity index (χ0) is 25.0. The Kier molecular flexibility index (Phi) is 5.38. The highest BCUT2D eigenvalue weighted by atomic mass is 16.5. The number of nitriles is 1. The molecule has 0 amide bonds. The number of allylic oxidation sites excluding steroid dienone is 2. The Bertz CT molecular complexity index is 1390. The Morgan fingerprint density at radius 2 is 2.08 bits per heavy atom. The van der Waals surface area contributed by atoms with Crippen LogP contribution < -0.4 is 4.90 Å². The van der Waals surface area contributed by atoms with Gasteiger partial charge in [0.05, 0.1) is 42.4 Å². The maximum Gasteiger partial charge on any atom is 0.145 e. The summed E-state index contributed by atoms with van der Waals surface area (Å²) in [6.45, 7) is 7.28. The smallest absolute Gasteiger partial charge is 0.145 e. The average Bonchev–Trinajstić information content (AvgIpc) is 3.51. The van der Waals surface area contributed by atoms with Crippen LogP contribution in [0.5, 0.6) is 0 Å². The highest BCUT2D eigenvalue weighted by Crippen LogP contribution is 2.53. The molecule has 3 aromatic heterocycles. The molecule has 0 aromatic carbocycles. The number of ether oxygens (including phenoxy) is 1. The van der Waals surface area contributed by atoms with E-state index in [4.69, 9.17) is 9.72 Å². The first-order chi connectivity index (χ1) is 17.4. The fraction of sp³-hybridized carbons (Fsp3) is 0.481. The molecule has 2 aliphatic carbocycles. The van der Waals surface area contributed by atoms with E-state index in [0.29, 0.717) is 25.2 Å². The first-order valence-electron chi connectivity index (χ1n) is 12.6. The molecule has 3 aliphatic rings. The van der Waals surface area contributed by atoms with E-state index in [1.807, 2.05) is 43.3 Å². The molecule has 3 atom stereocenters. The molecular formula is C27H31N7O2. The van der Waals surface area contributed by atoms with Gasteiger partial charge in [-0.1, -0.05) is 13.8 Å². The second kappa shape index (κ2) is 8.49. The van der Waals surface area contributed by atoms with Gasteiger partial charge in [-0.25, -0.2) is 9.97 Å². The fourth-order valence-electron chi connectivity index (χ4n) is 6.48. The van der Waals surface area contributed by atoms with E-state index in [1.54, 1.807) is 0 Å². The number of morpholine rings is 1. The van der Waals surface area contributed by atoms with Crippen LogP contribution in [-0.2, 0) is 23.6 Å². The number of aliphatic hydroxyl groups is 1. The van der Waals surface area contributed by atoms with Crippen molar-refractivity contribution in [2.75, 3.05) is 31.2 Å². The van der Waals surface area contributed by atoms with Crippen LogP contribution in [0.1, 0.15) is 38.1 Å². The zero-order valence-electron chi connectivity index (χ0n) is 21.0. The van der Waals surface area contributed by atoms with Gasteiger partial charge in [-0.15, -0.1) is 0 Å². The Hall–Kier alpha value is -3.64. The van der Waals surface area contributed by atoms with E-state index < -0.39 is 0 Å². The zero-order valence-corrected chi connectivity index (χ0v) is 21.0. The van der Waals surface area contributed by atoms with Crippen LogP contribution in [0.3, 0.4) is 0 Å². The van der Waals surface area contributed by atoms with Crippen LogP contribution in [0.4, 0.5) is 5.82 Å². The van der Waals surface area contributed by atoms with Gasteiger partial charge in [-0.05, 0) is 37.3 Å². The first kappa shape index (κ1) is 22.8. The van der Waals surface area contributed by atoms with Crippen molar-refractivity contribution in [3.63, 3.8) is 0 Å². The number of rotatable bonds is 3. The van der Waals surface area contributed by atoms with Crippen molar-refractivity contribution in [2.24, 2.45) is 18.9 Å². The van der Waals surface area contributed by atoms with E-state index in [0.717, 1.165) is 60.2 Å². The quantitative estimate of drug-likeness (QED) is 0.603. The van der Waals surface area contributed by atoms with Crippen molar-refractivity contribution in [2.45, 2.75) is 38.5 Å². The molecule has 1 aliphatic heterocycles. The van der Waals surface area contributed by atoms with E-state index in [1.165, 1.54) is 0 Å². The van der Waals surface area contributed by atoms with Crippen molar-refractivity contribution in [3.8, 4) is 23.1 Å². The lowest BCUT2D eigenvalue weighted by molar-refractivity contribution is 0.122. The monoisotopic (exact) mass is 485 g/mol. The van der Waals surface area contributed by atoms with Gasteiger partial charge in [0.25, 0.3) is 0 Å². The molecule has 4 heterocycles. The fourth-order valence-corrected chi connectivity index (χ4v) is 6.48. The summed E-state index contributed by atoms with van der Waals surface area (Å²) in [6, 6.07) is 6.39. The van der Waals surface area contributed by atoms with Crippen molar-refractivity contribution >= 4 is 5.82 Å². The summed E-state index contributed by atoms with van der Waals surface area (Å²) in [4.78, 5) is 12.2. The summed E-state index contributed by atoms with van der Waals surface area (Å²) < 4.78 is 9.57. The molecule has 3 aromatic rings. The normalized spacial score (nSPS) is 25.9. The second-order valence-electron chi connectivity index (χ2n) is 10.4. The molecule has 1 N–H and O–H groups in total. The van der Waals surface area contributed by atoms with Gasteiger partial charge in [0.15, 0.2) is 0 Å². The topological polar surface area (TPSA) is 105 Å². The minimum absolute atomic E-state index is 0.0765. The van der Waals surface area contributed by atoms with E-state index >= 15 is 0 Å². The predicted octanol–water partition coefficient (Wildman–Crippen LogP) is 3.70. The Morgan fingerprint density at radius 1 is 1.28 bits per heavy atom. The third-order valence-corrected chi connectivity index (χ3v) is 8.34. The van der Waals surface area contributed by atoms with E-state index in [-0.39, 0.29) is 23.0 Å². The van der Waals surface area contributed by atoms with Gasteiger partial charge in [-0.3, -0.25) is 9.25 Å². The van der Waals surface area contributed by atoms with Gasteiger partial charge in [0.1, 0.15) is 17.4 Å². The molecule has 1 fully saturated rings. The van der Waals surface area contributed by atoms with Crippen LogP contribution in [-0.4, -0.2) is 55.7 Å². The minimum atomic E-state index is -0.341. The summed E-state index contributed by atoms with van der Waals surface area (Å²) in [5, 5.41) is 24.9. The second-order valence-corrected chi connectivity index (χ2v) is 10.4. The molecule has 9 nitrogen and oxygen atoms in total. The van der Waals surface area contributed by atoms with Crippen LogP contribution in [0, 0.1) is 23.2 Å². The lowest BCUT2D eigenvalue weighted by atomic mass is 9.57. The summed E-state index contributed by atoms with van der Waals surface area (Å²) in [5.74, 6) is 2.17. The Labute approximate surface area is 210 Å². The number of anilines is 1. The van der Waals surface area contributed by atoms with Gasteiger partial charge in [0.2, 0.25) is 0 Å². The van der Waals surface area contributed by atoms with E-state index in [9.17, 15) is 10.4 Å². The molecule has 0 spiro atoms.